The Balaban J connectivity index is 1.62. The van der Waals surface area contributed by atoms with Gasteiger partial charge in [-0.05, 0) is 48.4 Å². The summed E-state index contributed by atoms with van der Waals surface area (Å²) >= 11 is 0. The van der Waals surface area contributed by atoms with E-state index in [1.54, 1.807) is 7.11 Å². The van der Waals surface area contributed by atoms with E-state index in [1.807, 2.05) is 48.5 Å². The first kappa shape index (κ1) is 21.6. The molecule has 2 N–H and O–H groups in total. The molecule has 0 radical (unpaired) electrons. The van der Waals surface area contributed by atoms with Crippen LogP contribution in [-0.4, -0.2) is 26.2 Å². The summed E-state index contributed by atoms with van der Waals surface area (Å²) in [6.07, 6.45) is 6.15. The third-order valence-electron chi connectivity index (χ3n) is 4.47. The van der Waals surface area contributed by atoms with Gasteiger partial charge < -0.3 is 20.1 Å². The topological polar surface area (TPSA) is 59.6 Å². The molecule has 0 fully saturated rings. The van der Waals surface area contributed by atoms with Gasteiger partial charge in [-0.15, -0.1) is 0 Å². The number of hydrogen-bond acceptors (Lipinski definition) is 4. The summed E-state index contributed by atoms with van der Waals surface area (Å²) in [7, 11) is 1.63. The fourth-order valence-electron chi connectivity index (χ4n) is 2.75. The standard InChI is InChI=1S/C23H32N2O3/c1-3-4-5-6-7-16-28-22-14-10-20(11-15-22)24-18-23(26)25-17-19-8-12-21(27-2)13-9-19/h8-15,24H,3-7,16-18H2,1-2H3,(H,25,26). The minimum Gasteiger partial charge on any atom is -0.497 e. The van der Waals surface area contributed by atoms with Crippen LogP contribution in [0, 0.1) is 0 Å². The van der Waals surface area contributed by atoms with Gasteiger partial charge in [0.05, 0.1) is 20.3 Å². The molecule has 0 aliphatic carbocycles. The number of hydrogen-bond donors (Lipinski definition) is 2. The van der Waals surface area contributed by atoms with Crippen molar-refractivity contribution in [1.29, 1.82) is 0 Å². The van der Waals surface area contributed by atoms with Gasteiger partial charge in [0.25, 0.3) is 0 Å². The number of rotatable bonds is 13. The Hall–Kier alpha value is -2.69. The molecule has 5 nitrogen and oxygen atoms in total. The number of methoxy groups -OCH3 is 1. The molecule has 0 atom stereocenters. The number of anilines is 1. The zero-order chi connectivity index (χ0) is 20.0. The van der Waals surface area contributed by atoms with Crippen LogP contribution in [0.25, 0.3) is 0 Å². The van der Waals surface area contributed by atoms with Crippen LogP contribution in [0.15, 0.2) is 48.5 Å². The third-order valence-corrected chi connectivity index (χ3v) is 4.47. The average molecular weight is 385 g/mol. The Morgan fingerprint density at radius 1 is 0.893 bits per heavy atom. The Morgan fingerprint density at radius 2 is 1.57 bits per heavy atom. The molecule has 2 rings (SSSR count). The monoisotopic (exact) mass is 384 g/mol. The highest BCUT2D eigenvalue weighted by Gasteiger charge is 2.02. The Bertz CT molecular complexity index is 684. The first-order valence-corrected chi connectivity index (χ1v) is 10.1. The Labute approximate surface area is 168 Å². The van der Waals surface area contributed by atoms with Crippen LogP contribution in [0.2, 0.25) is 0 Å². The van der Waals surface area contributed by atoms with E-state index in [0.29, 0.717) is 6.54 Å². The van der Waals surface area contributed by atoms with E-state index >= 15 is 0 Å². The van der Waals surface area contributed by atoms with Crippen molar-refractivity contribution < 1.29 is 14.3 Å². The van der Waals surface area contributed by atoms with Crippen LogP contribution < -0.4 is 20.1 Å². The highest BCUT2D eigenvalue weighted by Crippen LogP contribution is 2.16. The molecular formula is C23H32N2O3. The van der Waals surface area contributed by atoms with Gasteiger partial charge in [0.1, 0.15) is 11.5 Å². The maximum Gasteiger partial charge on any atom is 0.239 e. The van der Waals surface area contributed by atoms with Crippen LogP contribution >= 0.6 is 0 Å². The van der Waals surface area contributed by atoms with Gasteiger partial charge in [-0.25, -0.2) is 0 Å². The van der Waals surface area contributed by atoms with Crippen LogP contribution in [0.5, 0.6) is 11.5 Å². The lowest BCUT2D eigenvalue weighted by atomic mass is 10.2. The molecule has 0 saturated carbocycles. The third kappa shape index (κ3) is 8.33. The summed E-state index contributed by atoms with van der Waals surface area (Å²) in [5, 5.41) is 6.03. The van der Waals surface area contributed by atoms with E-state index in [0.717, 1.165) is 35.8 Å². The predicted octanol–water partition coefficient (Wildman–Crippen LogP) is 4.77. The zero-order valence-electron chi connectivity index (χ0n) is 17.0. The van der Waals surface area contributed by atoms with Crippen molar-refractivity contribution in [3.8, 4) is 11.5 Å². The van der Waals surface area contributed by atoms with Gasteiger partial charge in [-0.2, -0.15) is 0 Å². The van der Waals surface area contributed by atoms with Crippen molar-refractivity contribution in [2.75, 3.05) is 25.6 Å². The van der Waals surface area contributed by atoms with Crippen molar-refractivity contribution in [3.05, 3.63) is 54.1 Å². The molecule has 0 saturated heterocycles. The smallest absolute Gasteiger partial charge is 0.239 e. The van der Waals surface area contributed by atoms with Gasteiger partial charge in [-0.1, -0.05) is 44.7 Å². The number of amides is 1. The first-order chi connectivity index (χ1) is 13.7. The number of nitrogens with one attached hydrogen (secondary N) is 2. The summed E-state index contributed by atoms with van der Waals surface area (Å²) in [4.78, 5) is 12.0. The average Bonchev–Trinajstić information content (AvgIpc) is 2.74. The molecule has 28 heavy (non-hydrogen) atoms. The zero-order valence-corrected chi connectivity index (χ0v) is 17.0. The van der Waals surface area contributed by atoms with Crippen molar-refractivity contribution >= 4 is 11.6 Å². The summed E-state index contributed by atoms with van der Waals surface area (Å²) in [5.74, 6) is 1.62. The van der Waals surface area contributed by atoms with Crippen LogP contribution in [0.3, 0.4) is 0 Å². The molecule has 0 unspecified atom stereocenters. The molecule has 2 aromatic rings. The van der Waals surface area contributed by atoms with Crippen LogP contribution in [0.1, 0.15) is 44.6 Å². The van der Waals surface area contributed by atoms with Crippen LogP contribution in [-0.2, 0) is 11.3 Å². The molecule has 0 heterocycles. The number of carbonyl (C=O) groups excluding carboxylic acids is 1. The fraction of sp³-hybridized carbons (Fsp3) is 0.435. The second-order valence-corrected chi connectivity index (χ2v) is 6.77. The van der Waals surface area contributed by atoms with Gasteiger partial charge in [0.15, 0.2) is 0 Å². The molecule has 1 amide bonds. The number of benzene rings is 2. The SMILES string of the molecule is CCCCCCCOc1ccc(NCC(=O)NCc2ccc(OC)cc2)cc1. The molecule has 5 heteroatoms. The highest BCUT2D eigenvalue weighted by atomic mass is 16.5. The molecule has 0 aromatic heterocycles. The van der Waals surface area contributed by atoms with E-state index in [-0.39, 0.29) is 12.5 Å². The van der Waals surface area contributed by atoms with Gasteiger partial charge in [0.2, 0.25) is 5.91 Å². The first-order valence-electron chi connectivity index (χ1n) is 10.1. The van der Waals surface area contributed by atoms with Gasteiger partial charge in [0, 0.05) is 12.2 Å². The normalized spacial score (nSPS) is 10.4. The summed E-state index contributed by atoms with van der Waals surface area (Å²) in [6, 6.07) is 15.4. The lowest BCUT2D eigenvalue weighted by molar-refractivity contribution is -0.119. The molecule has 0 aliphatic rings. The second-order valence-electron chi connectivity index (χ2n) is 6.77. The van der Waals surface area contributed by atoms with Gasteiger partial charge in [-0.3, -0.25) is 4.79 Å². The molecule has 152 valence electrons. The van der Waals surface area contributed by atoms with Crippen molar-refractivity contribution in [3.63, 3.8) is 0 Å². The van der Waals surface area contributed by atoms with E-state index in [2.05, 4.69) is 17.6 Å². The maximum absolute atomic E-state index is 12.0. The molecule has 0 bridgehead atoms. The summed E-state index contributed by atoms with van der Waals surface area (Å²) in [6.45, 7) is 3.70. The van der Waals surface area contributed by atoms with E-state index in [9.17, 15) is 4.79 Å². The Kier molecular flexibility index (Phi) is 9.76. The Morgan fingerprint density at radius 3 is 2.25 bits per heavy atom. The number of unbranched alkanes of at least 4 members (excludes halogenated alkanes) is 4. The lowest BCUT2D eigenvalue weighted by Crippen LogP contribution is -2.29. The number of carbonyl (C=O) groups is 1. The predicted molar refractivity (Wildman–Crippen MR) is 114 cm³/mol. The van der Waals surface area contributed by atoms with Gasteiger partial charge >= 0.3 is 0 Å². The molecule has 0 spiro atoms. The number of ether oxygens (including phenoxy) is 2. The summed E-state index contributed by atoms with van der Waals surface area (Å²) in [5.41, 5.74) is 1.93. The van der Waals surface area contributed by atoms with Crippen molar-refractivity contribution in [2.24, 2.45) is 0 Å². The molecule has 0 aliphatic heterocycles. The molecular weight excluding hydrogens is 352 g/mol. The van der Waals surface area contributed by atoms with E-state index in [4.69, 9.17) is 9.47 Å². The minimum atomic E-state index is -0.0526. The quantitative estimate of drug-likeness (QED) is 0.488. The second kappa shape index (κ2) is 12.7. The summed E-state index contributed by atoms with van der Waals surface area (Å²) < 4.78 is 10.9. The maximum atomic E-state index is 12.0. The van der Waals surface area contributed by atoms with E-state index in [1.165, 1.54) is 25.7 Å². The fourth-order valence-corrected chi connectivity index (χ4v) is 2.75. The minimum absolute atomic E-state index is 0.0526. The highest BCUT2D eigenvalue weighted by molar-refractivity contribution is 5.80. The van der Waals surface area contributed by atoms with Crippen LogP contribution in [0.4, 0.5) is 5.69 Å². The van der Waals surface area contributed by atoms with Crippen molar-refractivity contribution in [2.45, 2.75) is 45.6 Å². The molecule has 2 aromatic carbocycles. The van der Waals surface area contributed by atoms with Crippen molar-refractivity contribution in [1.82, 2.24) is 5.32 Å². The largest absolute Gasteiger partial charge is 0.497 e. The van der Waals surface area contributed by atoms with E-state index < -0.39 is 0 Å². The lowest BCUT2D eigenvalue weighted by Gasteiger charge is -2.10.